The zero-order valence-corrected chi connectivity index (χ0v) is 18.0. The van der Waals surface area contributed by atoms with Gasteiger partial charge in [-0.15, -0.1) is 0 Å². The summed E-state index contributed by atoms with van der Waals surface area (Å²) in [4.78, 5) is 15.4. The molecule has 2 aliphatic heterocycles. The van der Waals surface area contributed by atoms with E-state index < -0.39 is 0 Å². The van der Waals surface area contributed by atoms with E-state index in [1.807, 2.05) is 6.92 Å². The third kappa shape index (κ3) is 3.64. The van der Waals surface area contributed by atoms with Crippen molar-refractivity contribution >= 4 is 28.0 Å². The number of furan rings is 1. The zero-order chi connectivity index (χ0) is 20.7. The lowest BCUT2D eigenvalue weighted by Gasteiger charge is -2.32. The number of nitrogens with one attached hydrogen (secondary N) is 2. The van der Waals surface area contributed by atoms with Crippen LogP contribution in [-0.4, -0.2) is 59.9 Å². The maximum atomic E-state index is 6.18. The molecule has 160 valence electrons. The molecule has 0 spiro atoms. The fourth-order valence-corrected chi connectivity index (χ4v) is 4.55. The molecule has 2 aliphatic rings. The molecule has 8 heteroatoms. The standard InChI is InChI=1S/C22H29N5O3/c1-14-16-12-29-22(2,3)11-15(16)17-18-19(30-21(17)26-14)20(25-13-24-18)23-5-4-6-27-7-9-28-10-8-27/h13H,4-12H2,1-3H3,(H,23,24,25)/p+1. The van der Waals surface area contributed by atoms with Crippen LogP contribution < -0.4 is 10.2 Å². The maximum absolute atomic E-state index is 6.18. The second-order valence-corrected chi connectivity index (χ2v) is 8.95. The summed E-state index contributed by atoms with van der Waals surface area (Å²) in [5.74, 6) is 0.743. The average molecular weight is 413 g/mol. The van der Waals surface area contributed by atoms with Gasteiger partial charge >= 0.3 is 0 Å². The number of morpholine rings is 1. The van der Waals surface area contributed by atoms with Crippen molar-refractivity contribution in [1.82, 2.24) is 15.0 Å². The van der Waals surface area contributed by atoms with E-state index >= 15 is 0 Å². The Morgan fingerprint density at radius 2 is 2.00 bits per heavy atom. The summed E-state index contributed by atoms with van der Waals surface area (Å²) in [5.41, 5.74) is 5.31. The van der Waals surface area contributed by atoms with Crippen molar-refractivity contribution < 1.29 is 18.8 Å². The molecule has 0 aliphatic carbocycles. The van der Waals surface area contributed by atoms with Gasteiger partial charge in [0.1, 0.15) is 24.9 Å². The molecule has 8 nitrogen and oxygen atoms in total. The van der Waals surface area contributed by atoms with Crippen molar-refractivity contribution in [2.45, 2.75) is 45.8 Å². The minimum atomic E-state index is -0.215. The molecule has 3 aromatic heterocycles. The largest absolute Gasteiger partial charge is 0.432 e. The molecule has 0 amide bonds. The molecule has 0 radical (unpaired) electrons. The SMILES string of the molecule is Cc1nc2oc3c(NCCC[NH+]4CCOCC4)ncnc3c2c2c1COC(C)(C)C2. The van der Waals surface area contributed by atoms with Crippen molar-refractivity contribution in [3.8, 4) is 0 Å². The number of nitrogens with zero attached hydrogens (tertiary/aromatic N) is 3. The van der Waals surface area contributed by atoms with Crippen LogP contribution in [0.3, 0.4) is 0 Å². The lowest BCUT2D eigenvalue weighted by molar-refractivity contribution is -0.908. The summed E-state index contributed by atoms with van der Waals surface area (Å²) >= 11 is 0. The minimum Gasteiger partial charge on any atom is -0.432 e. The van der Waals surface area contributed by atoms with Gasteiger partial charge in [-0.25, -0.2) is 15.0 Å². The first-order valence-electron chi connectivity index (χ1n) is 10.9. The minimum absolute atomic E-state index is 0.215. The van der Waals surface area contributed by atoms with Gasteiger partial charge in [0.05, 0.1) is 37.4 Å². The lowest BCUT2D eigenvalue weighted by atomic mass is 9.89. The average Bonchev–Trinajstić information content (AvgIpc) is 3.10. The van der Waals surface area contributed by atoms with Crippen molar-refractivity contribution in [1.29, 1.82) is 0 Å². The Hall–Kier alpha value is -2.29. The Morgan fingerprint density at radius 1 is 1.17 bits per heavy atom. The van der Waals surface area contributed by atoms with E-state index in [1.54, 1.807) is 11.2 Å². The van der Waals surface area contributed by atoms with Gasteiger partial charge in [0.25, 0.3) is 0 Å². The van der Waals surface area contributed by atoms with Gasteiger partial charge in [0, 0.05) is 30.6 Å². The highest BCUT2D eigenvalue weighted by Crippen LogP contribution is 2.39. The first-order valence-corrected chi connectivity index (χ1v) is 10.9. The topological polar surface area (TPSA) is 86.7 Å². The number of fused-ring (bicyclic) bond motifs is 5. The van der Waals surface area contributed by atoms with Crippen molar-refractivity contribution in [3.05, 3.63) is 23.1 Å². The Labute approximate surface area is 176 Å². The van der Waals surface area contributed by atoms with Crippen LogP contribution in [0, 0.1) is 6.92 Å². The van der Waals surface area contributed by atoms with Gasteiger partial charge in [-0.2, -0.15) is 0 Å². The zero-order valence-electron chi connectivity index (χ0n) is 18.0. The second kappa shape index (κ2) is 7.76. The number of anilines is 1. The molecule has 1 fully saturated rings. The van der Waals surface area contributed by atoms with E-state index in [0.717, 1.165) is 80.2 Å². The normalized spacial score (nSPS) is 19.3. The molecular weight excluding hydrogens is 382 g/mol. The number of aromatic nitrogens is 3. The summed E-state index contributed by atoms with van der Waals surface area (Å²) in [5, 5.41) is 4.46. The van der Waals surface area contributed by atoms with Gasteiger partial charge in [-0.1, -0.05) is 0 Å². The van der Waals surface area contributed by atoms with Crippen LogP contribution in [0.1, 0.15) is 37.1 Å². The summed E-state index contributed by atoms with van der Waals surface area (Å²) < 4.78 is 17.6. The van der Waals surface area contributed by atoms with Crippen LogP contribution in [0.15, 0.2) is 10.7 Å². The highest BCUT2D eigenvalue weighted by molar-refractivity contribution is 6.06. The van der Waals surface area contributed by atoms with Crippen molar-refractivity contribution in [2.24, 2.45) is 0 Å². The highest BCUT2D eigenvalue weighted by atomic mass is 16.5. The Balaban J connectivity index is 1.43. The molecule has 0 bridgehead atoms. The van der Waals surface area contributed by atoms with Crippen molar-refractivity contribution in [2.75, 3.05) is 44.7 Å². The van der Waals surface area contributed by atoms with Crippen LogP contribution in [0.5, 0.6) is 0 Å². The summed E-state index contributed by atoms with van der Waals surface area (Å²) in [6.07, 6.45) is 3.49. The molecular formula is C22H30N5O3+. The number of rotatable bonds is 5. The van der Waals surface area contributed by atoms with Crippen LogP contribution >= 0.6 is 0 Å². The van der Waals surface area contributed by atoms with E-state index in [2.05, 4.69) is 29.1 Å². The molecule has 5 heterocycles. The fraction of sp³-hybridized carbons (Fsp3) is 0.591. The molecule has 0 unspecified atom stereocenters. The van der Waals surface area contributed by atoms with Crippen LogP contribution in [0.2, 0.25) is 0 Å². The smallest absolute Gasteiger partial charge is 0.229 e. The number of hydrogen-bond donors (Lipinski definition) is 2. The summed E-state index contributed by atoms with van der Waals surface area (Å²) in [7, 11) is 0. The lowest BCUT2D eigenvalue weighted by Crippen LogP contribution is -3.14. The van der Waals surface area contributed by atoms with Gasteiger partial charge in [-0.05, 0) is 26.3 Å². The number of ether oxygens (including phenoxy) is 2. The van der Waals surface area contributed by atoms with Gasteiger partial charge in [0.2, 0.25) is 5.71 Å². The summed E-state index contributed by atoms with van der Waals surface area (Å²) in [6.45, 7) is 12.7. The fourth-order valence-electron chi connectivity index (χ4n) is 4.55. The first-order chi connectivity index (χ1) is 14.5. The van der Waals surface area contributed by atoms with E-state index in [-0.39, 0.29) is 5.60 Å². The number of aryl methyl sites for hydroxylation is 1. The monoisotopic (exact) mass is 412 g/mol. The van der Waals surface area contributed by atoms with E-state index in [1.165, 1.54) is 5.56 Å². The number of pyridine rings is 1. The predicted octanol–water partition coefficient (Wildman–Crippen LogP) is 1.65. The third-order valence-corrected chi connectivity index (χ3v) is 6.23. The molecule has 0 saturated carbocycles. The quantitative estimate of drug-likeness (QED) is 0.616. The van der Waals surface area contributed by atoms with Crippen molar-refractivity contribution in [3.63, 3.8) is 0 Å². The summed E-state index contributed by atoms with van der Waals surface area (Å²) in [6, 6.07) is 0. The van der Waals surface area contributed by atoms with Crippen LogP contribution in [0.25, 0.3) is 22.2 Å². The number of quaternary nitrogens is 1. The third-order valence-electron chi connectivity index (χ3n) is 6.23. The molecule has 30 heavy (non-hydrogen) atoms. The molecule has 5 rings (SSSR count). The Kier molecular flexibility index (Phi) is 5.08. The highest BCUT2D eigenvalue weighted by Gasteiger charge is 2.31. The molecule has 0 aromatic carbocycles. The van der Waals surface area contributed by atoms with Gasteiger partial charge < -0.3 is 24.1 Å². The second-order valence-electron chi connectivity index (χ2n) is 8.95. The predicted molar refractivity (Wildman–Crippen MR) is 114 cm³/mol. The van der Waals surface area contributed by atoms with Gasteiger partial charge in [-0.3, -0.25) is 0 Å². The molecule has 1 saturated heterocycles. The van der Waals surface area contributed by atoms with E-state index in [0.29, 0.717) is 17.9 Å². The Morgan fingerprint density at radius 3 is 2.83 bits per heavy atom. The number of hydrogen-bond acceptors (Lipinski definition) is 7. The maximum Gasteiger partial charge on any atom is 0.229 e. The molecule has 2 N–H and O–H groups in total. The van der Waals surface area contributed by atoms with Crippen LogP contribution in [-0.2, 0) is 22.5 Å². The first kappa shape index (κ1) is 19.7. The van der Waals surface area contributed by atoms with Gasteiger partial charge in [0.15, 0.2) is 11.4 Å². The Bertz CT molecular complexity index is 1070. The molecule has 0 atom stereocenters. The van der Waals surface area contributed by atoms with E-state index in [4.69, 9.17) is 18.9 Å². The molecule has 3 aromatic rings. The van der Waals surface area contributed by atoms with E-state index in [9.17, 15) is 0 Å². The van der Waals surface area contributed by atoms with Crippen LogP contribution in [0.4, 0.5) is 5.82 Å².